The van der Waals surface area contributed by atoms with Crippen molar-refractivity contribution in [2.45, 2.75) is 38.1 Å². The van der Waals surface area contributed by atoms with Gasteiger partial charge in [-0.1, -0.05) is 6.92 Å². The van der Waals surface area contributed by atoms with Crippen LogP contribution < -0.4 is 5.32 Å². The Morgan fingerprint density at radius 3 is 2.70 bits per heavy atom. The molecule has 110 valence electrons. The minimum absolute atomic E-state index is 0.0617. The highest BCUT2D eigenvalue weighted by Crippen LogP contribution is 2.32. The Bertz CT molecular complexity index is 499. The van der Waals surface area contributed by atoms with Gasteiger partial charge in [-0.05, 0) is 65.7 Å². The van der Waals surface area contributed by atoms with E-state index < -0.39 is 11.4 Å². The van der Waals surface area contributed by atoms with Gasteiger partial charge in [0.25, 0.3) is 5.91 Å². The molecule has 1 aromatic carbocycles. The first kappa shape index (κ1) is 15.4. The minimum atomic E-state index is -0.537. The molecule has 0 heterocycles. The lowest BCUT2D eigenvalue weighted by Crippen LogP contribution is -2.53. The summed E-state index contributed by atoms with van der Waals surface area (Å²) in [6.07, 6.45) is 3.54. The molecule has 0 radical (unpaired) electrons. The Balaban J connectivity index is 2.11. The minimum Gasteiger partial charge on any atom is -0.394 e. The highest BCUT2D eigenvalue weighted by Gasteiger charge is 2.35. The van der Waals surface area contributed by atoms with Crippen molar-refractivity contribution in [3.05, 3.63) is 34.1 Å². The average Bonchev–Trinajstić information content (AvgIpc) is 2.44. The van der Waals surface area contributed by atoms with Gasteiger partial charge in [0.2, 0.25) is 0 Å². The fourth-order valence-electron chi connectivity index (χ4n) is 2.59. The van der Waals surface area contributed by atoms with E-state index in [2.05, 4.69) is 28.2 Å². The summed E-state index contributed by atoms with van der Waals surface area (Å²) in [7, 11) is 0. The number of halogens is 2. The molecule has 0 aromatic heterocycles. The third kappa shape index (κ3) is 3.38. The molecule has 2 rings (SSSR count). The van der Waals surface area contributed by atoms with Crippen molar-refractivity contribution in [1.29, 1.82) is 0 Å². The second kappa shape index (κ2) is 6.22. The van der Waals surface area contributed by atoms with E-state index in [1.54, 1.807) is 0 Å². The van der Waals surface area contributed by atoms with Gasteiger partial charge in [0.05, 0.1) is 16.6 Å². The molecule has 1 fully saturated rings. The zero-order valence-electron chi connectivity index (χ0n) is 11.5. The van der Waals surface area contributed by atoms with Crippen molar-refractivity contribution >= 4 is 21.8 Å². The Labute approximate surface area is 126 Å². The van der Waals surface area contributed by atoms with Gasteiger partial charge in [-0.3, -0.25) is 4.79 Å². The summed E-state index contributed by atoms with van der Waals surface area (Å²) in [5, 5.41) is 12.6. The first-order valence-electron chi connectivity index (χ1n) is 6.84. The number of rotatable bonds is 3. The van der Waals surface area contributed by atoms with E-state index in [0.29, 0.717) is 11.5 Å². The van der Waals surface area contributed by atoms with Crippen molar-refractivity contribution in [2.24, 2.45) is 5.92 Å². The van der Waals surface area contributed by atoms with Gasteiger partial charge in [0.15, 0.2) is 0 Å². The van der Waals surface area contributed by atoms with E-state index in [9.17, 15) is 14.3 Å². The molecule has 2 N–H and O–H groups in total. The molecule has 1 saturated carbocycles. The van der Waals surface area contributed by atoms with Crippen LogP contribution in [0.4, 0.5) is 4.39 Å². The number of nitrogens with one attached hydrogen (secondary N) is 1. The maximum absolute atomic E-state index is 13.2. The zero-order chi connectivity index (χ0) is 14.8. The van der Waals surface area contributed by atoms with Crippen LogP contribution in [0.15, 0.2) is 22.7 Å². The van der Waals surface area contributed by atoms with Gasteiger partial charge in [-0.25, -0.2) is 4.39 Å². The maximum atomic E-state index is 13.2. The van der Waals surface area contributed by atoms with Crippen LogP contribution in [-0.4, -0.2) is 23.2 Å². The molecule has 0 aliphatic heterocycles. The Kier molecular flexibility index (Phi) is 4.81. The van der Waals surface area contributed by atoms with E-state index in [4.69, 9.17) is 0 Å². The van der Waals surface area contributed by atoms with E-state index in [-0.39, 0.29) is 17.0 Å². The Hall–Kier alpha value is -0.940. The summed E-state index contributed by atoms with van der Waals surface area (Å²) in [4.78, 5) is 12.3. The number of benzene rings is 1. The quantitative estimate of drug-likeness (QED) is 0.884. The monoisotopic (exact) mass is 343 g/mol. The van der Waals surface area contributed by atoms with E-state index >= 15 is 0 Å². The molecule has 3 nitrogen and oxygen atoms in total. The van der Waals surface area contributed by atoms with Crippen LogP contribution >= 0.6 is 15.9 Å². The molecule has 1 aromatic rings. The number of hydrogen-bond donors (Lipinski definition) is 2. The van der Waals surface area contributed by atoms with Crippen LogP contribution in [-0.2, 0) is 0 Å². The third-order valence-corrected chi connectivity index (χ3v) is 4.70. The van der Waals surface area contributed by atoms with Crippen LogP contribution in [0.25, 0.3) is 0 Å². The van der Waals surface area contributed by atoms with E-state index in [0.717, 1.165) is 25.7 Å². The van der Waals surface area contributed by atoms with Gasteiger partial charge < -0.3 is 10.4 Å². The molecule has 5 heteroatoms. The predicted molar refractivity (Wildman–Crippen MR) is 79.0 cm³/mol. The summed E-state index contributed by atoms with van der Waals surface area (Å²) >= 11 is 3.07. The number of aliphatic hydroxyl groups excluding tert-OH is 1. The van der Waals surface area contributed by atoms with Crippen LogP contribution in [0.1, 0.15) is 43.0 Å². The molecule has 0 saturated heterocycles. The molecular weight excluding hydrogens is 325 g/mol. The van der Waals surface area contributed by atoms with Crippen molar-refractivity contribution in [2.75, 3.05) is 6.61 Å². The fourth-order valence-corrected chi connectivity index (χ4v) is 2.97. The Morgan fingerprint density at radius 2 is 2.15 bits per heavy atom. The lowest BCUT2D eigenvalue weighted by Gasteiger charge is -2.38. The van der Waals surface area contributed by atoms with Crippen LogP contribution in [0.3, 0.4) is 0 Å². The third-order valence-electron chi connectivity index (χ3n) is 4.09. The second-order valence-electron chi connectivity index (χ2n) is 5.70. The molecule has 1 aliphatic carbocycles. The van der Waals surface area contributed by atoms with Crippen LogP contribution in [0, 0.1) is 11.7 Å². The second-order valence-corrected chi connectivity index (χ2v) is 6.56. The molecular formula is C15H19BrFNO2. The lowest BCUT2D eigenvalue weighted by molar-refractivity contribution is 0.0717. The van der Waals surface area contributed by atoms with E-state index in [1.165, 1.54) is 18.2 Å². The molecule has 20 heavy (non-hydrogen) atoms. The standard InChI is InChI=1S/C15H19BrFNO2/c1-10-4-6-15(9-19,7-5-10)18-14(20)11-2-3-13(17)12(16)8-11/h2-3,8,10,19H,4-7,9H2,1H3,(H,18,20). The van der Waals surface area contributed by atoms with Gasteiger partial charge in [-0.15, -0.1) is 0 Å². The number of hydrogen-bond acceptors (Lipinski definition) is 2. The largest absolute Gasteiger partial charge is 0.394 e. The summed E-state index contributed by atoms with van der Waals surface area (Å²) < 4.78 is 13.5. The van der Waals surface area contributed by atoms with Crippen LogP contribution in [0.5, 0.6) is 0 Å². The van der Waals surface area contributed by atoms with E-state index in [1.807, 2.05) is 0 Å². The van der Waals surface area contributed by atoms with Gasteiger partial charge >= 0.3 is 0 Å². The van der Waals surface area contributed by atoms with Gasteiger partial charge in [-0.2, -0.15) is 0 Å². The van der Waals surface area contributed by atoms with Crippen molar-refractivity contribution in [1.82, 2.24) is 5.32 Å². The SMILES string of the molecule is CC1CCC(CO)(NC(=O)c2ccc(F)c(Br)c2)CC1. The summed E-state index contributed by atoms with van der Waals surface area (Å²) in [6, 6.07) is 4.17. The zero-order valence-corrected chi connectivity index (χ0v) is 13.0. The smallest absolute Gasteiger partial charge is 0.251 e. The highest BCUT2D eigenvalue weighted by atomic mass is 79.9. The molecule has 0 bridgehead atoms. The first-order valence-corrected chi connectivity index (χ1v) is 7.63. The summed E-state index contributed by atoms with van der Waals surface area (Å²) in [5.41, 5.74) is -0.144. The topological polar surface area (TPSA) is 49.3 Å². The van der Waals surface area contributed by atoms with Crippen molar-refractivity contribution in [3.8, 4) is 0 Å². The summed E-state index contributed by atoms with van der Waals surface area (Å²) in [6.45, 7) is 2.12. The van der Waals surface area contributed by atoms with Crippen molar-refractivity contribution < 1.29 is 14.3 Å². The summed E-state index contributed by atoms with van der Waals surface area (Å²) in [5.74, 6) is -0.0363. The maximum Gasteiger partial charge on any atom is 0.251 e. The van der Waals surface area contributed by atoms with Gasteiger partial charge in [0, 0.05) is 5.56 Å². The molecule has 1 aliphatic rings. The normalized spacial score (nSPS) is 26.3. The predicted octanol–water partition coefficient (Wildman–Crippen LogP) is 3.26. The molecule has 1 amide bonds. The fraction of sp³-hybridized carbons (Fsp3) is 0.533. The van der Waals surface area contributed by atoms with Gasteiger partial charge in [0.1, 0.15) is 5.82 Å². The molecule has 0 spiro atoms. The Morgan fingerprint density at radius 1 is 1.50 bits per heavy atom. The first-order chi connectivity index (χ1) is 9.46. The number of carbonyl (C=O) groups is 1. The molecule has 0 atom stereocenters. The molecule has 0 unspecified atom stereocenters. The number of carbonyl (C=O) groups excluding carboxylic acids is 1. The number of amides is 1. The van der Waals surface area contributed by atoms with Crippen LogP contribution in [0.2, 0.25) is 0 Å². The number of aliphatic hydroxyl groups is 1. The lowest BCUT2D eigenvalue weighted by atomic mass is 9.77. The highest BCUT2D eigenvalue weighted by molar-refractivity contribution is 9.10. The van der Waals surface area contributed by atoms with Crippen molar-refractivity contribution in [3.63, 3.8) is 0 Å². The average molecular weight is 344 g/mol.